The smallest absolute Gasteiger partial charge is 0.309 e. The molecule has 0 aromatic rings. The molecule has 0 bridgehead atoms. The summed E-state index contributed by atoms with van der Waals surface area (Å²) < 4.78 is 5.08. The van der Waals surface area contributed by atoms with Gasteiger partial charge in [0.25, 0.3) is 0 Å². The summed E-state index contributed by atoms with van der Waals surface area (Å²) in [5, 5.41) is 0. The van der Waals surface area contributed by atoms with Crippen molar-refractivity contribution in [1.82, 2.24) is 0 Å². The molecule has 96 valence electrons. The fraction of sp³-hybridized carbons (Fsp3) is 0.929. The SMILES string of the molecule is CCCCCCC(C)(C)C(C)C(=O)OCC. The first-order valence-electron chi connectivity index (χ1n) is 6.62. The Labute approximate surface area is 101 Å². The first-order valence-corrected chi connectivity index (χ1v) is 6.62. The highest BCUT2D eigenvalue weighted by Gasteiger charge is 2.31. The Morgan fingerprint density at radius 3 is 2.31 bits per heavy atom. The first-order chi connectivity index (χ1) is 7.45. The van der Waals surface area contributed by atoms with Gasteiger partial charge < -0.3 is 4.74 Å². The van der Waals surface area contributed by atoms with Gasteiger partial charge in [0.15, 0.2) is 0 Å². The van der Waals surface area contributed by atoms with E-state index in [9.17, 15) is 4.79 Å². The van der Waals surface area contributed by atoms with Crippen LogP contribution >= 0.6 is 0 Å². The fourth-order valence-electron chi connectivity index (χ4n) is 1.81. The number of carbonyl (C=O) groups excluding carboxylic acids is 1. The molecule has 0 aromatic carbocycles. The summed E-state index contributed by atoms with van der Waals surface area (Å²) in [7, 11) is 0. The number of unbranched alkanes of at least 4 members (excludes halogenated alkanes) is 3. The van der Waals surface area contributed by atoms with Gasteiger partial charge in [-0.2, -0.15) is 0 Å². The number of carbonyl (C=O) groups is 1. The Morgan fingerprint density at radius 1 is 1.19 bits per heavy atom. The van der Waals surface area contributed by atoms with Gasteiger partial charge in [-0.15, -0.1) is 0 Å². The summed E-state index contributed by atoms with van der Waals surface area (Å²) in [6.07, 6.45) is 6.14. The predicted molar refractivity (Wildman–Crippen MR) is 68.3 cm³/mol. The predicted octanol–water partition coefficient (Wildman–Crippen LogP) is 4.18. The van der Waals surface area contributed by atoms with Crippen LogP contribution < -0.4 is 0 Å². The molecule has 0 aliphatic heterocycles. The van der Waals surface area contributed by atoms with E-state index >= 15 is 0 Å². The van der Waals surface area contributed by atoms with E-state index in [-0.39, 0.29) is 17.3 Å². The zero-order valence-electron chi connectivity index (χ0n) is 11.6. The van der Waals surface area contributed by atoms with Gasteiger partial charge in [-0.05, 0) is 18.8 Å². The fourth-order valence-corrected chi connectivity index (χ4v) is 1.81. The first kappa shape index (κ1) is 15.5. The summed E-state index contributed by atoms with van der Waals surface area (Å²) >= 11 is 0. The van der Waals surface area contributed by atoms with Crippen molar-refractivity contribution in [2.75, 3.05) is 6.61 Å². The van der Waals surface area contributed by atoms with E-state index < -0.39 is 0 Å². The van der Waals surface area contributed by atoms with Crippen LogP contribution in [0.4, 0.5) is 0 Å². The molecule has 0 N–H and O–H groups in total. The van der Waals surface area contributed by atoms with Gasteiger partial charge in [0.05, 0.1) is 12.5 Å². The molecule has 0 rings (SSSR count). The van der Waals surface area contributed by atoms with Crippen LogP contribution in [-0.2, 0) is 9.53 Å². The van der Waals surface area contributed by atoms with E-state index in [0.717, 1.165) is 6.42 Å². The highest BCUT2D eigenvalue weighted by atomic mass is 16.5. The summed E-state index contributed by atoms with van der Waals surface area (Å²) in [4.78, 5) is 11.7. The Morgan fingerprint density at radius 2 is 1.81 bits per heavy atom. The maximum Gasteiger partial charge on any atom is 0.309 e. The maximum atomic E-state index is 11.7. The van der Waals surface area contributed by atoms with Crippen molar-refractivity contribution in [1.29, 1.82) is 0 Å². The van der Waals surface area contributed by atoms with Gasteiger partial charge in [-0.3, -0.25) is 4.79 Å². The molecule has 0 aliphatic carbocycles. The molecule has 0 saturated heterocycles. The van der Waals surface area contributed by atoms with Crippen LogP contribution in [0.2, 0.25) is 0 Å². The number of rotatable bonds is 8. The van der Waals surface area contributed by atoms with Crippen LogP contribution in [0.3, 0.4) is 0 Å². The molecule has 0 aromatic heterocycles. The van der Waals surface area contributed by atoms with Crippen molar-refractivity contribution in [3.8, 4) is 0 Å². The Bertz CT molecular complexity index is 197. The number of hydrogen-bond acceptors (Lipinski definition) is 2. The van der Waals surface area contributed by atoms with E-state index in [2.05, 4.69) is 20.8 Å². The molecule has 0 aliphatic rings. The van der Waals surface area contributed by atoms with Gasteiger partial charge in [-0.1, -0.05) is 53.4 Å². The van der Waals surface area contributed by atoms with Gasteiger partial charge in [0.1, 0.15) is 0 Å². The molecule has 2 heteroatoms. The van der Waals surface area contributed by atoms with E-state index in [1.165, 1.54) is 25.7 Å². The summed E-state index contributed by atoms with van der Waals surface area (Å²) in [6.45, 7) is 10.9. The normalized spacial score (nSPS) is 13.6. The zero-order chi connectivity index (χ0) is 12.6. The van der Waals surface area contributed by atoms with E-state index in [1.54, 1.807) is 0 Å². The third kappa shape index (κ3) is 5.53. The largest absolute Gasteiger partial charge is 0.466 e. The average Bonchev–Trinajstić information content (AvgIpc) is 2.23. The molecular weight excluding hydrogens is 200 g/mol. The average molecular weight is 228 g/mol. The van der Waals surface area contributed by atoms with Crippen molar-refractivity contribution in [2.45, 2.75) is 66.7 Å². The lowest BCUT2D eigenvalue weighted by molar-refractivity contribution is -0.151. The zero-order valence-corrected chi connectivity index (χ0v) is 11.6. The topological polar surface area (TPSA) is 26.3 Å². The van der Waals surface area contributed by atoms with Crippen LogP contribution in [0.1, 0.15) is 66.7 Å². The van der Waals surface area contributed by atoms with Crippen LogP contribution in [-0.4, -0.2) is 12.6 Å². The lowest BCUT2D eigenvalue weighted by Crippen LogP contribution is -2.30. The quantitative estimate of drug-likeness (QED) is 0.460. The molecule has 1 atom stereocenters. The van der Waals surface area contributed by atoms with Crippen LogP contribution in [0.15, 0.2) is 0 Å². The second-order valence-electron chi connectivity index (χ2n) is 5.27. The maximum absolute atomic E-state index is 11.7. The molecule has 2 nitrogen and oxygen atoms in total. The third-order valence-electron chi connectivity index (χ3n) is 3.49. The molecule has 0 heterocycles. The van der Waals surface area contributed by atoms with Crippen molar-refractivity contribution in [2.24, 2.45) is 11.3 Å². The van der Waals surface area contributed by atoms with Gasteiger partial charge >= 0.3 is 5.97 Å². The van der Waals surface area contributed by atoms with E-state index in [1.807, 2.05) is 13.8 Å². The summed E-state index contributed by atoms with van der Waals surface area (Å²) in [6, 6.07) is 0. The molecule has 0 radical (unpaired) electrons. The minimum Gasteiger partial charge on any atom is -0.466 e. The van der Waals surface area contributed by atoms with Gasteiger partial charge in [-0.25, -0.2) is 0 Å². The lowest BCUT2D eigenvalue weighted by Gasteiger charge is -2.30. The van der Waals surface area contributed by atoms with Crippen molar-refractivity contribution >= 4 is 5.97 Å². The van der Waals surface area contributed by atoms with E-state index in [0.29, 0.717) is 6.61 Å². The third-order valence-corrected chi connectivity index (χ3v) is 3.49. The highest BCUT2D eigenvalue weighted by molar-refractivity contribution is 5.72. The number of hydrogen-bond donors (Lipinski definition) is 0. The Hall–Kier alpha value is -0.530. The summed E-state index contributed by atoms with van der Waals surface area (Å²) in [5.74, 6) is -0.0583. The number of ether oxygens (including phenoxy) is 1. The molecule has 0 saturated carbocycles. The van der Waals surface area contributed by atoms with Crippen molar-refractivity contribution in [3.05, 3.63) is 0 Å². The van der Waals surface area contributed by atoms with Crippen molar-refractivity contribution in [3.63, 3.8) is 0 Å². The number of esters is 1. The van der Waals surface area contributed by atoms with E-state index in [4.69, 9.17) is 4.74 Å². The minimum absolute atomic E-state index is 0.00548. The molecule has 0 amide bonds. The Kier molecular flexibility index (Phi) is 7.44. The monoisotopic (exact) mass is 228 g/mol. The van der Waals surface area contributed by atoms with Crippen molar-refractivity contribution < 1.29 is 9.53 Å². The van der Waals surface area contributed by atoms with Crippen LogP contribution in [0.5, 0.6) is 0 Å². The van der Waals surface area contributed by atoms with Gasteiger partial charge in [0.2, 0.25) is 0 Å². The second-order valence-corrected chi connectivity index (χ2v) is 5.27. The lowest BCUT2D eigenvalue weighted by atomic mass is 9.76. The molecular formula is C14H28O2. The van der Waals surface area contributed by atoms with Crippen LogP contribution in [0.25, 0.3) is 0 Å². The van der Waals surface area contributed by atoms with Crippen LogP contribution in [0, 0.1) is 11.3 Å². The molecule has 1 unspecified atom stereocenters. The summed E-state index contributed by atoms with van der Waals surface area (Å²) in [5.41, 5.74) is 0.0556. The second kappa shape index (κ2) is 7.70. The molecule has 0 spiro atoms. The van der Waals surface area contributed by atoms with Gasteiger partial charge in [0, 0.05) is 0 Å². The molecule has 16 heavy (non-hydrogen) atoms. The molecule has 0 fully saturated rings. The standard InChI is InChI=1S/C14H28O2/c1-6-8-9-10-11-14(4,5)12(3)13(15)16-7-2/h12H,6-11H2,1-5H3. The highest BCUT2D eigenvalue weighted by Crippen LogP contribution is 2.33. The minimum atomic E-state index is -0.0528. The Balaban J connectivity index is 4.03.